The third kappa shape index (κ3) is 5.53. The molecule has 1 aromatic carbocycles. The van der Waals surface area contributed by atoms with Gasteiger partial charge in [-0.05, 0) is 25.3 Å². The van der Waals surface area contributed by atoms with Gasteiger partial charge in [-0.25, -0.2) is 4.79 Å². The van der Waals surface area contributed by atoms with E-state index in [-0.39, 0.29) is 18.4 Å². The van der Waals surface area contributed by atoms with Gasteiger partial charge in [0.25, 0.3) is 5.91 Å². The zero-order valence-electron chi connectivity index (χ0n) is 16.8. The molecular weight excluding hydrogens is 362 g/mol. The number of carbonyl (C=O) groups excluding carboxylic acids is 3. The summed E-state index contributed by atoms with van der Waals surface area (Å²) in [7, 11) is 3.10. The van der Waals surface area contributed by atoms with E-state index in [2.05, 4.69) is 5.32 Å². The fourth-order valence-corrected chi connectivity index (χ4v) is 3.10. The summed E-state index contributed by atoms with van der Waals surface area (Å²) in [5, 5.41) is 2.75. The van der Waals surface area contributed by atoms with E-state index in [9.17, 15) is 14.4 Å². The zero-order chi connectivity index (χ0) is 20.6. The van der Waals surface area contributed by atoms with Crippen molar-refractivity contribution in [3.05, 3.63) is 35.9 Å². The van der Waals surface area contributed by atoms with Crippen LogP contribution in [0.5, 0.6) is 0 Å². The smallest absolute Gasteiger partial charge is 0.325 e. The second-order valence-electron chi connectivity index (χ2n) is 7.01. The maximum atomic E-state index is 12.9. The topological polar surface area (TPSA) is 88.2 Å². The van der Waals surface area contributed by atoms with Crippen LogP contribution in [0.4, 0.5) is 4.79 Å². The van der Waals surface area contributed by atoms with Gasteiger partial charge in [-0.3, -0.25) is 14.5 Å². The molecule has 1 saturated heterocycles. The molecule has 0 radical (unpaired) electrons. The summed E-state index contributed by atoms with van der Waals surface area (Å²) in [4.78, 5) is 40.4. The molecule has 1 aliphatic heterocycles. The number of rotatable bonds is 11. The van der Waals surface area contributed by atoms with Gasteiger partial charge in [-0.15, -0.1) is 0 Å². The normalized spacial score (nSPS) is 19.0. The molecule has 0 bridgehead atoms. The van der Waals surface area contributed by atoms with Gasteiger partial charge < -0.3 is 19.7 Å². The Morgan fingerprint density at radius 2 is 1.71 bits per heavy atom. The van der Waals surface area contributed by atoms with Crippen molar-refractivity contribution in [2.75, 3.05) is 47.1 Å². The van der Waals surface area contributed by atoms with Gasteiger partial charge in [0.05, 0.1) is 13.2 Å². The molecule has 8 heteroatoms. The maximum Gasteiger partial charge on any atom is 0.325 e. The highest BCUT2D eigenvalue weighted by Gasteiger charge is 2.48. The summed E-state index contributed by atoms with van der Waals surface area (Å²) in [5.41, 5.74) is 0.0718. The Balaban J connectivity index is 1.99. The zero-order valence-corrected chi connectivity index (χ0v) is 16.8. The van der Waals surface area contributed by atoms with Gasteiger partial charge in [0.1, 0.15) is 12.1 Å². The number of methoxy groups -OCH3 is 2. The van der Waals surface area contributed by atoms with E-state index in [0.29, 0.717) is 39.1 Å². The van der Waals surface area contributed by atoms with E-state index in [0.717, 1.165) is 10.5 Å². The van der Waals surface area contributed by atoms with E-state index in [1.165, 1.54) is 4.90 Å². The number of aryl methyl sites for hydroxylation is 1. The Kier molecular flexibility index (Phi) is 7.95. The molecule has 0 aromatic heterocycles. The minimum Gasteiger partial charge on any atom is -0.383 e. The molecule has 0 aliphatic carbocycles. The van der Waals surface area contributed by atoms with Crippen LogP contribution >= 0.6 is 0 Å². The van der Waals surface area contributed by atoms with Crippen LogP contribution in [0, 0.1) is 0 Å². The van der Waals surface area contributed by atoms with Gasteiger partial charge in [-0.2, -0.15) is 0 Å². The summed E-state index contributed by atoms with van der Waals surface area (Å²) < 4.78 is 10.1. The Morgan fingerprint density at radius 1 is 1.11 bits per heavy atom. The van der Waals surface area contributed by atoms with Crippen LogP contribution in [-0.2, 0) is 25.5 Å². The fraction of sp³-hybridized carbons (Fsp3) is 0.550. The average molecular weight is 391 g/mol. The lowest BCUT2D eigenvalue weighted by Crippen LogP contribution is -2.47. The molecule has 154 valence electrons. The Bertz CT molecular complexity index is 674. The first kappa shape index (κ1) is 21.8. The molecule has 4 amide bonds. The molecule has 8 nitrogen and oxygen atoms in total. The van der Waals surface area contributed by atoms with Crippen molar-refractivity contribution in [1.29, 1.82) is 0 Å². The number of benzene rings is 1. The quantitative estimate of drug-likeness (QED) is 0.570. The summed E-state index contributed by atoms with van der Waals surface area (Å²) in [6, 6.07) is 9.23. The number of nitrogens with one attached hydrogen (secondary N) is 1. The minimum atomic E-state index is -1.02. The summed E-state index contributed by atoms with van der Waals surface area (Å²) in [6.45, 7) is 2.88. The van der Waals surface area contributed by atoms with Crippen LogP contribution in [0.15, 0.2) is 30.3 Å². The van der Waals surface area contributed by atoms with Crippen LogP contribution in [-0.4, -0.2) is 80.3 Å². The molecule has 1 aromatic rings. The lowest BCUT2D eigenvalue weighted by atomic mass is 9.93. The number of carbonyl (C=O) groups is 3. The molecular formula is C20H29N3O5. The number of hydrogen-bond donors (Lipinski definition) is 1. The van der Waals surface area contributed by atoms with E-state index in [1.807, 2.05) is 30.3 Å². The monoisotopic (exact) mass is 391 g/mol. The summed E-state index contributed by atoms with van der Waals surface area (Å²) in [6.07, 6.45) is 1.11. The van der Waals surface area contributed by atoms with Crippen molar-refractivity contribution in [2.24, 2.45) is 0 Å². The van der Waals surface area contributed by atoms with Crippen LogP contribution < -0.4 is 5.32 Å². The highest BCUT2D eigenvalue weighted by Crippen LogP contribution is 2.23. The number of hydrogen-bond acceptors (Lipinski definition) is 5. The second kappa shape index (κ2) is 10.2. The van der Waals surface area contributed by atoms with Gasteiger partial charge >= 0.3 is 6.03 Å². The first-order valence-electron chi connectivity index (χ1n) is 9.35. The van der Waals surface area contributed by atoms with Crippen LogP contribution in [0.1, 0.15) is 18.9 Å². The van der Waals surface area contributed by atoms with Gasteiger partial charge in [0, 0.05) is 27.3 Å². The maximum absolute atomic E-state index is 12.9. The van der Waals surface area contributed by atoms with Gasteiger partial charge in [-0.1, -0.05) is 30.3 Å². The van der Waals surface area contributed by atoms with Crippen molar-refractivity contribution < 1.29 is 23.9 Å². The van der Waals surface area contributed by atoms with Crippen LogP contribution in [0.25, 0.3) is 0 Å². The molecule has 1 aliphatic rings. The predicted molar refractivity (Wildman–Crippen MR) is 104 cm³/mol. The molecule has 1 N–H and O–H groups in total. The van der Waals surface area contributed by atoms with Crippen molar-refractivity contribution in [3.8, 4) is 0 Å². The average Bonchev–Trinajstić information content (AvgIpc) is 2.90. The SMILES string of the molecule is COCCN(CCOC)C(=O)CN1C(=O)N[C@](C)(CCc2ccccc2)C1=O. The van der Waals surface area contributed by atoms with Crippen molar-refractivity contribution in [1.82, 2.24) is 15.1 Å². The molecule has 0 unspecified atom stereocenters. The number of ether oxygens (including phenoxy) is 2. The predicted octanol–water partition coefficient (Wildman–Crippen LogP) is 1.05. The van der Waals surface area contributed by atoms with Crippen molar-refractivity contribution in [2.45, 2.75) is 25.3 Å². The molecule has 1 heterocycles. The molecule has 28 heavy (non-hydrogen) atoms. The number of nitrogens with zero attached hydrogens (tertiary/aromatic N) is 2. The third-order valence-corrected chi connectivity index (χ3v) is 4.88. The van der Waals surface area contributed by atoms with Crippen molar-refractivity contribution >= 4 is 17.8 Å². The van der Waals surface area contributed by atoms with Gasteiger partial charge in [0.15, 0.2) is 0 Å². The molecule has 1 fully saturated rings. The standard InChI is InChI=1S/C20H29N3O5/c1-20(10-9-16-7-5-4-6-8-16)18(25)23(19(26)21-20)15-17(24)22(11-13-27-2)12-14-28-3/h4-8H,9-15H2,1-3H3,(H,21,26)/t20-/m1/s1. The Morgan fingerprint density at radius 3 is 2.29 bits per heavy atom. The number of imide groups is 1. The Labute approximate surface area is 165 Å². The van der Waals surface area contributed by atoms with E-state index < -0.39 is 11.6 Å². The van der Waals surface area contributed by atoms with Gasteiger partial charge in [0.2, 0.25) is 5.91 Å². The fourth-order valence-electron chi connectivity index (χ4n) is 3.10. The van der Waals surface area contributed by atoms with E-state index in [1.54, 1.807) is 21.1 Å². The highest BCUT2D eigenvalue weighted by molar-refractivity contribution is 6.08. The molecule has 0 spiro atoms. The largest absolute Gasteiger partial charge is 0.383 e. The summed E-state index contributed by atoms with van der Waals surface area (Å²) in [5.74, 6) is -0.690. The molecule has 2 rings (SSSR count). The summed E-state index contributed by atoms with van der Waals surface area (Å²) >= 11 is 0. The minimum absolute atomic E-state index is 0.293. The Hall–Kier alpha value is -2.45. The first-order chi connectivity index (χ1) is 13.4. The second-order valence-corrected chi connectivity index (χ2v) is 7.01. The van der Waals surface area contributed by atoms with E-state index >= 15 is 0 Å². The van der Waals surface area contributed by atoms with Crippen LogP contribution in [0.2, 0.25) is 0 Å². The highest BCUT2D eigenvalue weighted by atomic mass is 16.5. The lowest BCUT2D eigenvalue weighted by Gasteiger charge is -2.25. The van der Waals surface area contributed by atoms with E-state index in [4.69, 9.17) is 9.47 Å². The lowest BCUT2D eigenvalue weighted by molar-refractivity contribution is -0.139. The molecule has 0 saturated carbocycles. The number of urea groups is 1. The third-order valence-electron chi connectivity index (χ3n) is 4.88. The number of amides is 4. The van der Waals surface area contributed by atoms with Crippen molar-refractivity contribution in [3.63, 3.8) is 0 Å². The first-order valence-corrected chi connectivity index (χ1v) is 9.35. The van der Waals surface area contributed by atoms with Crippen LogP contribution in [0.3, 0.4) is 0 Å². The molecule has 1 atom stereocenters.